The number of hydrogen-bond donors (Lipinski definition) is 1. The van der Waals surface area contributed by atoms with Gasteiger partial charge in [0, 0.05) is 24.1 Å². The molecule has 5 nitrogen and oxygen atoms in total. The van der Waals surface area contributed by atoms with Crippen molar-refractivity contribution in [3.63, 3.8) is 0 Å². The van der Waals surface area contributed by atoms with Gasteiger partial charge in [-0.05, 0) is 24.3 Å². The monoisotopic (exact) mass is 267 g/mol. The fourth-order valence-corrected chi connectivity index (χ4v) is 2.27. The average Bonchev–Trinajstić information content (AvgIpc) is 3.10. The molecule has 0 saturated carbocycles. The average molecular weight is 267 g/mol. The molecule has 0 radical (unpaired) electrons. The van der Waals surface area contributed by atoms with E-state index in [0.29, 0.717) is 13.3 Å². The zero-order chi connectivity index (χ0) is 13.4. The molecule has 5 heteroatoms. The van der Waals surface area contributed by atoms with E-state index in [0.717, 1.165) is 28.5 Å². The summed E-state index contributed by atoms with van der Waals surface area (Å²) >= 11 is 0. The molecule has 2 aromatic heterocycles. The van der Waals surface area contributed by atoms with Gasteiger partial charge in [0.15, 0.2) is 11.5 Å². The number of nitrogens with one attached hydrogen (secondary N) is 1. The first-order chi connectivity index (χ1) is 9.88. The van der Waals surface area contributed by atoms with E-state index in [9.17, 15) is 0 Å². The number of rotatable bonds is 3. The molecule has 0 atom stereocenters. The Morgan fingerprint density at radius 1 is 1.15 bits per heavy atom. The number of imidazole rings is 1. The molecule has 3 heterocycles. The Balaban J connectivity index is 1.52. The minimum atomic E-state index is 0.297. The zero-order valence-electron chi connectivity index (χ0n) is 10.7. The van der Waals surface area contributed by atoms with Crippen LogP contribution in [0.15, 0.2) is 48.8 Å². The lowest BCUT2D eigenvalue weighted by atomic mass is 10.2. The van der Waals surface area contributed by atoms with Crippen LogP contribution < -0.4 is 14.8 Å². The van der Waals surface area contributed by atoms with E-state index in [1.54, 1.807) is 0 Å². The molecule has 1 aliphatic heterocycles. The summed E-state index contributed by atoms with van der Waals surface area (Å²) in [6.45, 7) is 0.965. The second-order valence-corrected chi connectivity index (χ2v) is 4.62. The van der Waals surface area contributed by atoms with Gasteiger partial charge in [-0.1, -0.05) is 6.07 Å². The van der Waals surface area contributed by atoms with E-state index in [4.69, 9.17) is 9.47 Å². The number of nitrogens with zero attached hydrogens (tertiary/aromatic N) is 2. The van der Waals surface area contributed by atoms with Crippen molar-refractivity contribution in [1.29, 1.82) is 0 Å². The molecule has 0 aliphatic carbocycles. The van der Waals surface area contributed by atoms with Gasteiger partial charge in [-0.15, -0.1) is 0 Å². The highest BCUT2D eigenvalue weighted by atomic mass is 16.7. The summed E-state index contributed by atoms with van der Waals surface area (Å²) < 4.78 is 12.7. The first-order valence-electron chi connectivity index (χ1n) is 6.45. The third kappa shape index (κ3) is 1.93. The zero-order valence-corrected chi connectivity index (χ0v) is 10.7. The smallest absolute Gasteiger partial charge is 0.231 e. The van der Waals surface area contributed by atoms with E-state index in [-0.39, 0.29) is 0 Å². The van der Waals surface area contributed by atoms with Crippen molar-refractivity contribution < 1.29 is 9.47 Å². The maximum atomic E-state index is 5.36. The van der Waals surface area contributed by atoms with Crippen LogP contribution in [0.4, 0.5) is 5.69 Å². The maximum absolute atomic E-state index is 5.36. The Morgan fingerprint density at radius 3 is 3.05 bits per heavy atom. The van der Waals surface area contributed by atoms with Crippen LogP contribution in [0, 0.1) is 0 Å². The van der Waals surface area contributed by atoms with Gasteiger partial charge < -0.3 is 19.2 Å². The van der Waals surface area contributed by atoms with Crippen LogP contribution >= 0.6 is 0 Å². The Morgan fingerprint density at radius 2 is 2.10 bits per heavy atom. The minimum Gasteiger partial charge on any atom is -0.454 e. The SMILES string of the molecule is c1ccn2cc(CNc3ccc4c(c3)OCO4)nc2c1. The third-order valence-corrected chi connectivity index (χ3v) is 3.26. The van der Waals surface area contributed by atoms with Crippen LogP contribution in [0.5, 0.6) is 11.5 Å². The summed E-state index contributed by atoms with van der Waals surface area (Å²) in [5.41, 5.74) is 2.94. The molecule has 0 fully saturated rings. The van der Waals surface area contributed by atoms with Crippen molar-refractivity contribution in [1.82, 2.24) is 9.38 Å². The van der Waals surface area contributed by atoms with E-state index in [1.165, 1.54) is 0 Å². The number of hydrogen-bond acceptors (Lipinski definition) is 4. The van der Waals surface area contributed by atoms with E-state index < -0.39 is 0 Å². The number of ether oxygens (including phenoxy) is 2. The topological polar surface area (TPSA) is 47.8 Å². The summed E-state index contributed by atoms with van der Waals surface area (Å²) in [6, 6.07) is 11.8. The van der Waals surface area contributed by atoms with Gasteiger partial charge in [-0.3, -0.25) is 0 Å². The Kier molecular flexibility index (Phi) is 2.48. The van der Waals surface area contributed by atoms with Gasteiger partial charge in [-0.25, -0.2) is 4.98 Å². The largest absolute Gasteiger partial charge is 0.454 e. The lowest BCUT2D eigenvalue weighted by Crippen LogP contribution is -1.99. The first kappa shape index (κ1) is 11.2. The van der Waals surface area contributed by atoms with Crippen molar-refractivity contribution in [3.05, 3.63) is 54.5 Å². The van der Waals surface area contributed by atoms with Crippen molar-refractivity contribution in [2.45, 2.75) is 6.54 Å². The van der Waals surface area contributed by atoms with Crippen LogP contribution in [0.3, 0.4) is 0 Å². The molecule has 0 saturated heterocycles. The molecule has 100 valence electrons. The number of fused-ring (bicyclic) bond motifs is 2. The van der Waals surface area contributed by atoms with Crippen LogP contribution in [0.1, 0.15) is 5.69 Å². The molecule has 20 heavy (non-hydrogen) atoms. The Labute approximate surface area is 115 Å². The maximum Gasteiger partial charge on any atom is 0.231 e. The van der Waals surface area contributed by atoms with E-state index in [2.05, 4.69) is 10.3 Å². The molecule has 0 bridgehead atoms. The highest BCUT2D eigenvalue weighted by Crippen LogP contribution is 2.34. The third-order valence-electron chi connectivity index (χ3n) is 3.26. The number of benzene rings is 1. The predicted octanol–water partition coefficient (Wildman–Crippen LogP) is 2.68. The summed E-state index contributed by atoms with van der Waals surface area (Å²) in [5, 5.41) is 3.34. The summed E-state index contributed by atoms with van der Waals surface area (Å²) in [5.74, 6) is 1.58. The molecule has 1 aromatic carbocycles. The highest BCUT2D eigenvalue weighted by molar-refractivity contribution is 5.55. The second-order valence-electron chi connectivity index (χ2n) is 4.62. The lowest BCUT2D eigenvalue weighted by Gasteiger charge is -2.05. The van der Waals surface area contributed by atoms with Crippen LogP contribution in [-0.2, 0) is 6.54 Å². The highest BCUT2D eigenvalue weighted by Gasteiger charge is 2.13. The van der Waals surface area contributed by atoms with Gasteiger partial charge in [0.2, 0.25) is 6.79 Å². The summed E-state index contributed by atoms with van der Waals surface area (Å²) in [6.07, 6.45) is 4.02. The normalized spacial score (nSPS) is 12.8. The van der Waals surface area contributed by atoms with Crippen LogP contribution in [-0.4, -0.2) is 16.2 Å². The van der Waals surface area contributed by atoms with Gasteiger partial charge >= 0.3 is 0 Å². The molecular formula is C15H13N3O2. The van der Waals surface area contributed by atoms with E-state index in [1.807, 2.05) is 53.2 Å². The van der Waals surface area contributed by atoms with Gasteiger partial charge in [-0.2, -0.15) is 0 Å². The van der Waals surface area contributed by atoms with E-state index >= 15 is 0 Å². The van der Waals surface area contributed by atoms with Gasteiger partial charge in [0.25, 0.3) is 0 Å². The quantitative estimate of drug-likeness (QED) is 0.792. The molecule has 1 aliphatic rings. The molecule has 0 spiro atoms. The molecule has 4 rings (SSSR count). The fraction of sp³-hybridized carbons (Fsp3) is 0.133. The van der Waals surface area contributed by atoms with Crippen molar-refractivity contribution in [3.8, 4) is 11.5 Å². The van der Waals surface area contributed by atoms with Crippen molar-refractivity contribution in [2.75, 3.05) is 12.1 Å². The Hall–Kier alpha value is -2.69. The van der Waals surface area contributed by atoms with Crippen LogP contribution in [0.2, 0.25) is 0 Å². The predicted molar refractivity (Wildman–Crippen MR) is 75.1 cm³/mol. The minimum absolute atomic E-state index is 0.297. The van der Waals surface area contributed by atoms with Gasteiger partial charge in [0.05, 0.1) is 12.2 Å². The lowest BCUT2D eigenvalue weighted by molar-refractivity contribution is 0.174. The Bertz CT molecular complexity index is 734. The molecular weight excluding hydrogens is 254 g/mol. The first-order valence-corrected chi connectivity index (χ1v) is 6.45. The number of aromatic nitrogens is 2. The number of anilines is 1. The van der Waals surface area contributed by atoms with Crippen molar-refractivity contribution >= 4 is 11.3 Å². The van der Waals surface area contributed by atoms with Gasteiger partial charge in [0.1, 0.15) is 5.65 Å². The molecule has 0 unspecified atom stereocenters. The molecule has 1 N–H and O–H groups in total. The van der Waals surface area contributed by atoms with Crippen LogP contribution in [0.25, 0.3) is 5.65 Å². The molecule has 0 amide bonds. The summed E-state index contributed by atoms with van der Waals surface area (Å²) in [4.78, 5) is 4.54. The standard InChI is InChI=1S/C15H13N3O2/c1-2-6-18-9-12(17-15(18)3-1)8-16-11-4-5-13-14(7-11)20-10-19-13/h1-7,9,16H,8,10H2. The fourth-order valence-electron chi connectivity index (χ4n) is 2.27. The molecule has 3 aromatic rings. The van der Waals surface area contributed by atoms with Crippen molar-refractivity contribution in [2.24, 2.45) is 0 Å². The summed E-state index contributed by atoms with van der Waals surface area (Å²) in [7, 11) is 0. The number of pyridine rings is 1. The second kappa shape index (κ2) is 4.45.